The average Bonchev–Trinajstić information content (AvgIpc) is 2.32. The van der Waals surface area contributed by atoms with Crippen molar-refractivity contribution >= 4 is 5.69 Å². The molecule has 4 heteroatoms. The van der Waals surface area contributed by atoms with Crippen molar-refractivity contribution in [2.24, 2.45) is 5.73 Å². The molecule has 0 saturated heterocycles. The first-order valence-electron chi connectivity index (χ1n) is 4.09. The highest BCUT2D eigenvalue weighted by molar-refractivity contribution is 5.53. The topological polar surface area (TPSA) is 57.9 Å². The number of hydrogen-bond acceptors (Lipinski definition) is 3. The molecule has 0 atom stereocenters. The number of nitrogens with one attached hydrogen (secondary N) is 1. The molecule has 0 amide bonds. The number of rotatable bonds is 3. The smallest absolute Gasteiger partial charge is 0.0827 e. The van der Waals surface area contributed by atoms with Gasteiger partial charge in [0.25, 0.3) is 0 Å². The van der Waals surface area contributed by atoms with Crippen LogP contribution in [-0.2, 0) is 0 Å². The Kier molecular flexibility index (Phi) is 2.70. The molecule has 1 heterocycles. The van der Waals surface area contributed by atoms with E-state index in [-0.39, 0.29) is 0 Å². The van der Waals surface area contributed by atoms with Gasteiger partial charge in [0.1, 0.15) is 0 Å². The Morgan fingerprint density at radius 1 is 1.50 bits per heavy atom. The summed E-state index contributed by atoms with van der Waals surface area (Å²) < 4.78 is 0. The van der Waals surface area contributed by atoms with Crippen molar-refractivity contribution in [3.63, 3.8) is 0 Å². The lowest BCUT2D eigenvalue weighted by Gasteiger charge is -2.17. The summed E-state index contributed by atoms with van der Waals surface area (Å²) in [5.74, 6) is 0. The number of anilines is 1. The lowest BCUT2D eigenvalue weighted by molar-refractivity contribution is 0.879. The van der Waals surface area contributed by atoms with E-state index in [9.17, 15) is 0 Å². The fourth-order valence-corrected chi connectivity index (χ4v) is 1.41. The number of likely N-dealkylation sites (N-methyl/N-ethyl adjacent to an activating group) is 1. The number of H-pyrrole nitrogens is 1. The summed E-state index contributed by atoms with van der Waals surface area (Å²) in [5, 5.41) is 7.06. The SMILES string of the molecule is Cc1n[nH]c(C)c1N(C)CCN. The Balaban J connectivity index is 2.85. The van der Waals surface area contributed by atoms with Crippen LogP contribution in [0.15, 0.2) is 0 Å². The van der Waals surface area contributed by atoms with E-state index in [0.717, 1.165) is 17.9 Å². The predicted octanol–water partition coefficient (Wildman–Crippen LogP) is 0.421. The Morgan fingerprint density at radius 2 is 2.17 bits per heavy atom. The van der Waals surface area contributed by atoms with Gasteiger partial charge in [0.15, 0.2) is 0 Å². The van der Waals surface area contributed by atoms with Crippen LogP contribution in [0.2, 0.25) is 0 Å². The van der Waals surface area contributed by atoms with Crippen LogP contribution in [0.1, 0.15) is 11.4 Å². The second kappa shape index (κ2) is 3.58. The minimum Gasteiger partial charge on any atom is -0.370 e. The normalized spacial score (nSPS) is 10.3. The third-order valence-electron chi connectivity index (χ3n) is 1.94. The maximum atomic E-state index is 5.46. The second-order valence-electron chi connectivity index (χ2n) is 2.99. The number of hydrogen-bond donors (Lipinski definition) is 2. The van der Waals surface area contributed by atoms with Crippen molar-refractivity contribution in [2.75, 3.05) is 25.0 Å². The van der Waals surface area contributed by atoms with Gasteiger partial charge in [0.2, 0.25) is 0 Å². The van der Waals surface area contributed by atoms with Gasteiger partial charge in [-0.2, -0.15) is 5.10 Å². The van der Waals surface area contributed by atoms with Gasteiger partial charge in [-0.1, -0.05) is 0 Å². The van der Waals surface area contributed by atoms with Crippen molar-refractivity contribution in [2.45, 2.75) is 13.8 Å². The molecule has 0 radical (unpaired) electrons. The van der Waals surface area contributed by atoms with Crippen LogP contribution in [0.4, 0.5) is 5.69 Å². The first-order chi connectivity index (χ1) is 5.66. The molecule has 0 bridgehead atoms. The van der Waals surface area contributed by atoms with E-state index in [4.69, 9.17) is 5.73 Å². The van der Waals surface area contributed by atoms with Gasteiger partial charge in [-0.15, -0.1) is 0 Å². The van der Waals surface area contributed by atoms with Crippen LogP contribution in [0, 0.1) is 13.8 Å². The zero-order valence-electron chi connectivity index (χ0n) is 7.89. The highest BCUT2D eigenvalue weighted by Gasteiger charge is 2.09. The fraction of sp³-hybridized carbons (Fsp3) is 0.625. The second-order valence-corrected chi connectivity index (χ2v) is 2.99. The molecule has 0 saturated carbocycles. The molecule has 0 aromatic carbocycles. The van der Waals surface area contributed by atoms with E-state index >= 15 is 0 Å². The Morgan fingerprint density at radius 3 is 2.58 bits per heavy atom. The Hall–Kier alpha value is -1.03. The van der Waals surface area contributed by atoms with Crippen LogP contribution in [0.5, 0.6) is 0 Å². The molecule has 12 heavy (non-hydrogen) atoms. The summed E-state index contributed by atoms with van der Waals surface area (Å²) in [6.45, 7) is 5.54. The predicted molar refractivity (Wildman–Crippen MR) is 50.4 cm³/mol. The van der Waals surface area contributed by atoms with E-state index in [2.05, 4.69) is 15.1 Å². The van der Waals surface area contributed by atoms with Crippen LogP contribution in [0.3, 0.4) is 0 Å². The lowest BCUT2D eigenvalue weighted by Crippen LogP contribution is -2.25. The monoisotopic (exact) mass is 168 g/mol. The third kappa shape index (κ3) is 1.58. The van der Waals surface area contributed by atoms with Gasteiger partial charge < -0.3 is 10.6 Å². The van der Waals surface area contributed by atoms with Crippen LogP contribution >= 0.6 is 0 Å². The molecule has 0 unspecified atom stereocenters. The number of nitrogens with zero attached hydrogens (tertiary/aromatic N) is 2. The zero-order valence-corrected chi connectivity index (χ0v) is 7.89. The Bertz CT molecular complexity index is 234. The van der Waals surface area contributed by atoms with Crippen molar-refractivity contribution < 1.29 is 0 Å². The van der Waals surface area contributed by atoms with Crippen LogP contribution < -0.4 is 10.6 Å². The molecule has 0 spiro atoms. The fourth-order valence-electron chi connectivity index (χ4n) is 1.41. The summed E-state index contributed by atoms with van der Waals surface area (Å²) in [7, 11) is 2.03. The molecule has 1 aromatic heterocycles. The highest BCUT2D eigenvalue weighted by Crippen LogP contribution is 2.19. The largest absolute Gasteiger partial charge is 0.370 e. The maximum absolute atomic E-state index is 5.46. The third-order valence-corrected chi connectivity index (χ3v) is 1.94. The van der Waals surface area contributed by atoms with Gasteiger partial charge in [-0.25, -0.2) is 0 Å². The summed E-state index contributed by atoms with van der Waals surface area (Å²) in [5.41, 5.74) is 8.76. The van der Waals surface area contributed by atoms with E-state index in [1.54, 1.807) is 0 Å². The molecule has 1 aromatic rings. The van der Waals surface area contributed by atoms with E-state index in [1.807, 2.05) is 20.9 Å². The zero-order chi connectivity index (χ0) is 9.14. The highest BCUT2D eigenvalue weighted by atomic mass is 15.2. The minimum absolute atomic E-state index is 0.667. The molecular formula is C8H16N4. The summed E-state index contributed by atoms with van der Waals surface area (Å²) in [6, 6.07) is 0. The first-order valence-corrected chi connectivity index (χ1v) is 4.09. The van der Waals surface area contributed by atoms with Crippen molar-refractivity contribution in [3.8, 4) is 0 Å². The molecule has 0 fully saturated rings. The lowest BCUT2D eigenvalue weighted by atomic mass is 10.3. The van der Waals surface area contributed by atoms with E-state index in [1.165, 1.54) is 5.69 Å². The van der Waals surface area contributed by atoms with E-state index in [0.29, 0.717) is 6.54 Å². The molecule has 3 N–H and O–H groups in total. The van der Waals surface area contributed by atoms with Gasteiger partial charge in [-0.3, -0.25) is 5.10 Å². The molecule has 0 aliphatic heterocycles. The number of nitrogens with two attached hydrogens (primary N) is 1. The molecular weight excluding hydrogens is 152 g/mol. The first kappa shape index (κ1) is 9.06. The van der Waals surface area contributed by atoms with Gasteiger partial charge in [0.05, 0.1) is 17.1 Å². The number of aromatic amines is 1. The molecule has 68 valence electrons. The van der Waals surface area contributed by atoms with E-state index < -0.39 is 0 Å². The van der Waals surface area contributed by atoms with Gasteiger partial charge in [0, 0.05) is 20.1 Å². The molecule has 1 rings (SSSR count). The number of aromatic nitrogens is 2. The molecule has 0 aliphatic rings. The standard InChI is InChI=1S/C8H16N4/c1-6-8(7(2)11-10-6)12(3)5-4-9/h4-5,9H2,1-3H3,(H,10,11). The van der Waals surface area contributed by atoms with Gasteiger partial charge >= 0.3 is 0 Å². The van der Waals surface area contributed by atoms with Crippen LogP contribution in [-0.4, -0.2) is 30.3 Å². The summed E-state index contributed by atoms with van der Waals surface area (Å²) >= 11 is 0. The number of aryl methyl sites for hydroxylation is 2. The van der Waals surface area contributed by atoms with Crippen molar-refractivity contribution in [1.29, 1.82) is 0 Å². The quantitative estimate of drug-likeness (QED) is 0.687. The summed E-state index contributed by atoms with van der Waals surface area (Å²) in [6.07, 6.45) is 0. The maximum Gasteiger partial charge on any atom is 0.0827 e. The molecule has 4 nitrogen and oxygen atoms in total. The Labute approximate surface area is 72.8 Å². The van der Waals surface area contributed by atoms with Crippen LogP contribution in [0.25, 0.3) is 0 Å². The molecule has 0 aliphatic carbocycles. The van der Waals surface area contributed by atoms with Gasteiger partial charge in [-0.05, 0) is 13.8 Å². The van der Waals surface area contributed by atoms with Crippen molar-refractivity contribution in [1.82, 2.24) is 10.2 Å². The average molecular weight is 168 g/mol. The minimum atomic E-state index is 0.667. The summed E-state index contributed by atoms with van der Waals surface area (Å²) in [4.78, 5) is 2.12. The van der Waals surface area contributed by atoms with Crippen molar-refractivity contribution in [3.05, 3.63) is 11.4 Å².